The molecule has 3 nitrogen and oxygen atoms in total. The Hall–Kier alpha value is -2.07. The number of nitrogens with zero attached hydrogens (tertiary/aromatic N) is 1. The van der Waals surface area contributed by atoms with Gasteiger partial charge in [0.15, 0.2) is 11.5 Å². The van der Waals surface area contributed by atoms with Crippen LogP contribution in [-0.2, 0) is 6.61 Å². The van der Waals surface area contributed by atoms with Crippen molar-refractivity contribution in [3.05, 3.63) is 59.7 Å². The molecule has 0 bridgehead atoms. The first-order valence-electron chi connectivity index (χ1n) is 8.42. The van der Waals surface area contributed by atoms with Gasteiger partial charge in [-0.05, 0) is 43.0 Å². The number of likely N-dealkylation sites (tertiary alicyclic amines) is 1. The standard InChI is InChI=1S/C20H23NO2S/c1-22-18-11-10-17(20(24)21-12-6-3-7-13-21)14-19(18)23-15-16-8-4-2-5-9-16/h2,4-5,8-11,14H,3,6-7,12-13,15H2,1H3. The second kappa shape index (κ2) is 8.15. The average molecular weight is 341 g/mol. The Bertz CT molecular complexity index is 681. The molecule has 2 aromatic rings. The maximum atomic E-state index is 5.99. The number of rotatable bonds is 5. The van der Waals surface area contributed by atoms with Crippen molar-refractivity contribution in [1.29, 1.82) is 0 Å². The molecule has 0 radical (unpaired) electrons. The van der Waals surface area contributed by atoms with Gasteiger partial charge < -0.3 is 14.4 Å². The molecular formula is C20H23NO2S. The van der Waals surface area contributed by atoms with Crippen LogP contribution in [0.5, 0.6) is 11.5 Å². The maximum Gasteiger partial charge on any atom is 0.162 e. The maximum absolute atomic E-state index is 5.99. The number of benzene rings is 2. The van der Waals surface area contributed by atoms with Crippen molar-refractivity contribution in [2.24, 2.45) is 0 Å². The molecule has 0 atom stereocenters. The van der Waals surface area contributed by atoms with Gasteiger partial charge in [-0.3, -0.25) is 0 Å². The molecule has 1 fully saturated rings. The summed E-state index contributed by atoms with van der Waals surface area (Å²) >= 11 is 5.69. The first-order valence-corrected chi connectivity index (χ1v) is 8.83. The minimum atomic E-state index is 0.511. The monoisotopic (exact) mass is 341 g/mol. The average Bonchev–Trinajstić information content (AvgIpc) is 2.67. The van der Waals surface area contributed by atoms with E-state index in [1.165, 1.54) is 19.3 Å². The Labute approximate surface area is 149 Å². The molecule has 24 heavy (non-hydrogen) atoms. The third-order valence-corrected chi connectivity index (χ3v) is 4.78. The summed E-state index contributed by atoms with van der Waals surface area (Å²) in [5.41, 5.74) is 2.15. The van der Waals surface area contributed by atoms with E-state index in [-0.39, 0.29) is 0 Å². The van der Waals surface area contributed by atoms with E-state index in [2.05, 4.69) is 17.0 Å². The summed E-state index contributed by atoms with van der Waals surface area (Å²) in [7, 11) is 1.66. The fraction of sp³-hybridized carbons (Fsp3) is 0.350. The number of thiocarbonyl (C=S) groups is 1. The quantitative estimate of drug-likeness (QED) is 0.750. The lowest BCUT2D eigenvalue weighted by atomic mass is 10.1. The number of methoxy groups -OCH3 is 1. The van der Waals surface area contributed by atoms with Gasteiger partial charge >= 0.3 is 0 Å². The molecule has 0 aliphatic carbocycles. The zero-order valence-corrected chi connectivity index (χ0v) is 14.8. The number of hydrogen-bond donors (Lipinski definition) is 0. The van der Waals surface area contributed by atoms with Crippen LogP contribution in [0.2, 0.25) is 0 Å². The number of piperidine rings is 1. The molecule has 0 aromatic heterocycles. The van der Waals surface area contributed by atoms with E-state index < -0.39 is 0 Å². The van der Waals surface area contributed by atoms with Gasteiger partial charge in [0.2, 0.25) is 0 Å². The smallest absolute Gasteiger partial charge is 0.162 e. The molecule has 1 aliphatic rings. The fourth-order valence-electron chi connectivity index (χ4n) is 2.94. The largest absolute Gasteiger partial charge is 0.493 e. The van der Waals surface area contributed by atoms with Crippen molar-refractivity contribution in [3.63, 3.8) is 0 Å². The van der Waals surface area contributed by atoms with E-state index in [4.69, 9.17) is 21.7 Å². The van der Waals surface area contributed by atoms with Crippen LogP contribution in [0.15, 0.2) is 48.5 Å². The van der Waals surface area contributed by atoms with E-state index in [0.717, 1.165) is 40.7 Å². The lowest BCUT2D eigenvalue weighted by Gasteiger charge is -2.29. The van der Waals surface area contributed by atoms with E-state index in [9.17, 15) is 0 Å². The summed E-state index contributed by atoms with van der Waals surface area (Å²) in [6.07, 6.45) is 3.73. The van der Waals surface area contributed by atoms with Crippen LogP contribution in [-0.4, -0.2) is 30.1 Å². The molecule has 2 aromatic carbocycles. The van der Waals surface area contributed by atoms with Crippen molar-refractivity contribution in [2.75, 3.05) is 20.2 Å². The van der Waals surface area contributed by atoms with Crippen LogP contribution in [0.1, 0.15) is 30.4 Å². The van der Waals surface area contributed by atoms with E-state index in [1.54, 1.807) is 7.11 Å². The van der Waals surface area contributed by atoms with Crippen molar-refractivity contribution < 1.29 is 9.47 Å². The number of ether oxygens (including phenoxy) is 2. The predicted octanol–water partition coefficient (Wildman–Crippen LogP) is 4.44. The zero-order chi connectivity index (χ0) is 16.8. The summed E-state index contributed by atoms with van der Waals surface area (Å²) in [4.78, 5) is 3.20. The molecule has 1 aliphatic heterocycles. The molecule has 0 spiro atoms. The zero-order valence-electron chi connectivity index (χ0n) is 14.0. The normalized spacial score (nSPS) is 14.3. The molecule has 4 heteroatoms. The molecular weight excluding hydrogens is 318 g/mol. The molecule has 0 amide bonds. The lowest BCUT2D eigenvalue weighted by molar-refractivity contribution is 0.284. The highest BCUT2D eigenvalue weighted by Crippen LogP contribution is 2.30. The highest BCUT2D eigenvalue weighted by atomic mass is 32.1. The topological polar surface area (TPSA) is 21.7 Å². The highest BCUT2D eigenvalue weighted by molar-refractivity contribution is 7.80. The molecule has 0 saturated carbocycles. The van der Waals surface area contributed by atoms with Gasteiger partial charge in [0, 0.05) is 18.7 Å². The van der Waals surface area contributed by atoms with Crippen molar-refractivity contribution in [3.8, 4) is 11.5 Å². The van der Waals surface area contributed by atoms with Crippen LogP contribution < -0.4 is 9.47 Å². The molecule has 3 rings (SSSR count). The van der Waals surface area contributed by atoms with Gasteiger partial charge in [-0.1, -0.05) is 42.5 Å². The summed E-state index contributed by atoms with van der Waals surface area (Å²) in [6.45, 7) is 2.60. The Balaban J connectivity index is 1.75. The van der Waals surface area contributed by atoms with Gasteiger partial charge in [0.05, 0.1) is 7.11 Å². The third kappa shape index (κ3) is 4.06. The second-order valence-corrected chi connectivity index (χ2v) is 6.38. The van der Waals surface area contributed by atoms with Crippen molar-refractivity contribution in [2.45, 2.75) is 25.9 Å². The van der Waals surface area contributed by atoms with Crippen LogP contribution in [0.25, 0.3) is 0 Å². The van der Waals surface area contributed by atoms with Crippen LogP contribution in [0.4, 0.5) is 0 Å². The molecule has 0 N–H and O–H groups in total. The summed E-state index contributed by atoms with van der Waals surface area (Å²) in [5, 5.41) is 0. The van der Waals surface area contributed by atoms with Crippen LogP contribution in [0, 0.1) is 0 Å². The SMILES string of the molecule is COc1ccc(C(=S)N2CCCCC2)cc1OCc1ccccc1. The fourth-order valence-corrected chi connectivity index (χ4v) is 3.25. The van der Waals surface area contributed by atoms with E-state index >= 15 is 0 Å². The van der Waals surface area contributed by atoms with Gasteiger partial charge in [-0.25, -0.2) is 0 Å². The predicted molar refractivity (Wildman–Crippen MR) is 101 cm³/mol. The van der Waals surface area contributed by atoms with Crippen molar-refractivity contribution in [1.82, 2.24) is 4.90 Å². The van der Waals surface area contributed by atoms with Gasteiger partial charge in [-0.2, -0.15) is 0 Å². The van der Waals surface area contributed by atoms with E-state index in [1.807, 2.05) is 36.4 Å². The molecule has 126 valence electrons. The third-order valence-electron chi connectivity index (χ3n) is 4.29. The second-order valence-electron chi connectivity index (χ2n) is 5.99. The van der Waals surface area contributed by atoms with Gasteiger partial charge in [0.25, 0.3) is 0 Å². The summed E-state index contributed by atoms with van der Waals surface area (Å²) < 4.78 is 11.4. The first kappa shape index (κ1) is 16.8. The molecule has 0 unspecified atom stereocenters. The van der Waals surface area contributed by atoms with Gasteiger partial charge in [-0.15, -0.1) is 0 Å². The Morgan fingerprint density at radius 2 is 1.75 bits per heavy atom. The first-order chi connectivity index (χ1) is 11.8. The van der Waals surface area contributed by atoms with Gasteiger partial charge in [0.1, 0.15) is 11.6 Å². The Morgan fingerprint density at radius 1 is 1.00 bits per heavy atom. The van der Waals surface area contributed by atoms with E-state index in [0.29, 0.717) is 6.61 Å². The lowest BCUT2D eigenvalue weighted by Crippen LogP contribution is -2.34. The highest BCUT2D eigenvalue weighted by Gasteiger charge is 2.16. The van der Waals surface area contributed by atoms with Crippen LogP contribution in [0.3, 0.4) is 0 Å². The number of hydrogen-bond acceptors (Lipinski definition) is 3. The Kier molecular flexibility index (Phi) is 5.70. The van der Waals surface area contributed by atoms with Crippen LogP contribution >= 0.6 is 12.2 Å². The van der Waals surface area contributed by atoms with Crippen molar-refractivity contribution >= 4 is 17.2 Å². The minimum absolute atomic E-state index is 0.511. The molecule has 1 heterocycles. The summed E-state index contributed by atoms with van der Waals surface area (Å²) in [5.74, 6) is 1.47. The summed E-state index contributed by atoms with van der Waals surface area (Å²) in [6, 6.07) is 16.1. The Morgan fingerprint density at radius 3 is 2.46 bits per heavy atom. The molecule has 1 saturated heterocycles. The minimum Gasteiger partial charge on any atom is -0.493 e.